The molecule has 0 saturated heterocycles. The summed E-state index contributed by atoms with van der Waals surface area (Å²) in [5, 5.41) is 0. The molecule has 0 aliphatic rings. The van der Waals surface area contributed by atoms with E-state index in [-0.39, 0.29) is 0 Å². The van der Waals surface area contributed by atoms with Crippen LogP contribution in [0.25, 0.3) is 6.08 Å². The quantitative estimate of drug-likeness (QED) is 0.730. The van der Waals surface area contributed by atoms with E-state index in [9.17, 15) is 0 Å². The number of hydrogen-bond donors (Lipinski definition) is 0. The molecule has 0 N–H and O–H groups in total. The fourth-order valence-electron chi connectivity index (χ4n) is 1.14. The molecule has 1 aromatic rings. The van der Waals surface area contributed by atoms with Crippen LogP contribution in [-0.2, 0) is 0 Å². The fourth-order valence-corrected chi connectivity index (χ4v) is 4.56. The van der Waals surface area contributed by atoms with Crippen LogP contribution in [-0.4, -0.2) is 21.1 Å². The molecule has 0 heterocycles. The molecular formula is C12H16Sn. The third-order valence-electron chi connectivity index (χ3n) is 1.67. The van der Waals surface area contributed by atoms with E-state index in [1.54, 1.807) is 3.58 Å². The molecule has 0 saturated carbocycles. The average molecular weight is 279 g/mol. The Labute approximate surface area is 91.3 Å². The Bertz CT molecular complexity index is 277. The molecular weight excluding hydrogens is 263 g/mol. The molecule has 68 valence electrons. The van der Waals surface area contributed by atoms with Gasteiger partial charge in [-0.25, -0.2) is 0 Å². The molecule has 1 rings (SSSR count). The third-order valence-corrected chi connectivity index (χ3v) is 5.58. The predicted molar refractivity (Wildman–Crippen MR) is 61.6 cm³/mol. The van der Waals surface area contributed by atoms with Gasteiger partial charge >= 0.3 is 91.4 Å². The molecule has 1 heteroatoms. The van der Waals surface area contributed by atoms with Gasteiger partial charge in [0, 0.05) is 0 Å². The zero-order valence-corrected chi connectivity index (χ0v) is 11.4. The van der Waals surface area contributed by atoms with Gasteiger partial charge in [0.25, 0.3) is 0 Å². The Morgan fingerprint density at radius 2 is 1.69 bits per heavy atom. The number of benzene rings is 1. The second-order valence-corrected chi connectivity index (χ2v) is 10.8. The molecule has 0 atom stereocenters. The van der Waals surface area contributed by atoms with Crippen molar-refractivity contribution in [3.8, 4) is 0 Å². The van der Waals surface area contributed by atoms with Gasteiger partial charge in [0.2, 0.25) is 0 Å². The van der Waals surface area contributed by atoms with Gasteiger partial charge in [-0.05, 0) is 0 Å². The Morgan fingerprint density at radius 3 is 2.08 bits per heavy atom. The first kappa shape index (κ1) is 10.8. The van der Waals surface area contributed by atoms with Crippen molar-refractivity contribution in [2.75, 3.05) is 0 Å². The van der Waals surface area contributed by atoms with Crippen LogP contribution >= 0.6 is 0 Å². The van der Waals surface area contributed by atoms with Crippen LogP contribution in [0.4, 0.5) is 0 Å². The van der Waals surface area contributed by atoms with E-state index in [2.05, 4.69) is 51.6 Å². The second-order valence-electron chi connectivity index (χ2n) is 4.20. The number of hydrogen-bond acceptors (Lipinski definition) is 0. The van der Waals surface area contributed by atoms with Crippen LogP contribution in [0.5, 0.6) is 0 Å². The van der Waals surface area contributed by atoms with E-state index in [1.807, 2.05) is 6.08 Å². The molecule has 0 aromatic heterocycles. The molecule has 0 aliphatic heterocycles. The Kier molecular flexibility index (Phi) is 3.60. The van der Waals surface area contributed by atoms with E-state index in [0.29, 0.717) is 3.43 Å². The molecule has 0 amide bonds. The van der Waals surface area contributed by atoms with Crippen LogP contribution < -0.4 is 3.58 Å². The second kappa shape index (κ2) is 4.32. The van der Waals surface area contributed by atoms with Crippen molar-refractivity contribution in [1.29, 1.82) is 0 Å². The first-order chi connectivity index (χ1) is 6.01. The van der Waals surface area contributed by atoms with Crippen molar-refractivity contribution in [2.24, 2.45) is 0 Å². The van der Waals surface area contributed by atoms with E-state index in [4.69, 9.17) is 0 Å². The summed E-state index contributed by atoms with van der Waals surface area (Å²) in [5.41, 5.74) is 1.22. The van der Waals surface area contributed by atoms with Crippen LogP contribution in [0.1, 0.15) is 26.3 Å². The van der Waals surface area contributed by atoms with Crippen LogP contribution in [0.15, 0.2) is 30.8 Å². The minimum absolute atomic E-state index is 0.413. The van der Waals surface area contributed by atoms with Gasteiger partial charge in [0.05, 0.1) is 0 Å². The van der Waals surface area contributed by atoms with Crippen LogP contribution in [0, 0.1) is 0 Å². The van der Waals surface area contributed by atoms with Crippen LogP contribution in [0.3, 0.4) is 0 Å². The molecule has 2 radical (unpaired) electrons. The average Bonchev–Trinajstić information content (AvgIpc) is 2.03. The minimum atomic E-state index is -0.413. The molecule has 0 fully saturated rings. The summed E-state index contributed by atoms with van der Waals surface area (Å²) in [4.78, 5) is 0. The summed E-state index contributed by atoms with van der Waals surface area (Å²) in [7, 11) is 0. The molecule has 13 heavy (non-hydrogen) atoms. The maximum atomic E-state index is 3.75. The summed E-state index contributed by atoms with van der Waals surface area (Å²) < 4.78 is 2.11. The van der Waals surface area contributed by atoms with E-state index < -0.39 is 21.1 Å². The monoisotopic (exact) mass is 280 g/mol. The topological polar surface area (TPSA) is 0 Å². The van der Waals surface area contributed by atoms with Crippen molar-refractivity contribution in [1.82, 2.24) is 0 Å². The maximum absolute atomic E-state index is 3.75. The molecule has 0 spiro atoms. The van der Waals surface area contributed by atoms with Gasteiger partial charge in [-0.3, -0.25) is 0 Å². The summed E-state index contributed by atoms with van der Waals surface area (Å²) in [6.07, 6.45) is 1.89. The molecule has 0 nitrogen and oxygen atoms in total. The first-order valence-corrected chi connectivity index (χ1v) is 7.37. The standard InChI is InChI=1S/C8H7.C4H9.Sn/c1-2-8-6-4-3-5-7-8;1-4(2)3;/h2,4-7H,1H2;1-3H3;. The Morgan fingerprint density at radius 1 is 1.15 bits per heavy atom. The van der Waals surface area contributed by atoms with Crippen molar-refractivity contribution < 1.29 is 0 Å². The van der Waals surface area contributed by atoms with Gasteiger partial charge in [0.15, 0.2) is 0 Å². The van der Waals surface area contributed by atoms with Crippen molar-refractivity contribution in [2.45, 2.75) is 24.2 Å². The van der Waals surface area contributed by atoms with E-state index >= 15 is 0 Å². The molecule has 0 bridgehead atoms. The SMILES string of the molecule is C=Cc1cc[c]([Sn][C](C)(C)C)cc1. The predicted octanol–water partition coefficient (Wildman–Crippen LogP) is 2.88. The van der Waals surface area contributed by atoms with Gasteiger partial charge in [-0.1, -0.05) is 0 Å². The first-order valence-electron chi connectivity index (χ1n) is 4.52. The molecule has 0 unspecified atom stereocenters. The van der Waals surface area contributed by atoms with Gasteiger partial charge in [-0.2, -0.15) is 0 Å². The zero-order valence-electron chi connectivity index (χ0n) is 8.59. The van der Waals surface area contributed by atoms with Gasteiger partial charge < -0.3 is 0 Å². The van der Waals surface area contributed by atoms with Crippen molar-refractivity contribution >= 4 is 30.8 Å². The van der Waals surface area contributed by atoms with Gasteiger partial charge in [0.1, 0.15) is 0 Å². The fraction of sp³-hybridized carbons (Fsp3) is 0.333. The summed E-state index contributed by atoms with van der Waals surface area (Å²) in [6, 6.07) is 8.84. The van der Waals surface area contributed by atoms with Crippen molar-refractivity contribution in [3.05, 3.63) is 36.4 Å². The van der Waals surface area contributed by atoms with E-state index in [1.165, 1.54) is 5.56 Å². The third kappa shape index (κ3) is 3.99. The number of rotatable bonds is 2. The van der Waals surface area contributed by atoms with E-state index in [0.717, 1.165) is 0 Å². The normalized spacial score (nSPS) is 11.3. The zero-order chi connectivity index (χ0) is 9.90. The Hall–Kier alpha value is -0.241. The van der Waals surface area contributed by atoms with Crippen molar-refractivity contribution in [3.63, 3.8) is 0 Å². The summed E-state index contributed by atoms with van der Waals surface area (Å²) in [5.74, 6) is 0. The summed E-state index contributed by atoms with van der Waals surface area (Å²) in [6.45, 7) is 10.8. The molecule has 1 aromatic carbocycles. The Balaban J connectivity index is 2.75. The molecule has 0 aliphatic carbocycles. The van der Waals surface area contributed by atoms with Gasteiger partial charge in [-0.15, -0.1) is 0 Å². The van der Waals surface area contributed by atoms with Crippen LogP contribution in [0.2, 0.25) is 3.43 Å². The summed E-state index contributed by atoms with van der Waals surface area (Å²) >= 11 is -0.413.